The lowest BCUT2D eigenvalue weighted by molar-refractivity contribution is 0.538. The number of hydrogen-bond donors (Lipinski definition) is 1. The van der Waals surface area contributed by atoms with Gasteiger partial charge in [-0.3, -0.25) is 0 Å². The molecule has 12 heavy (non-hydrogen) atoms. The van der Waals surface area contributed by atoms with Crippen molar-refractivity contribution in [2.24, 2.45) is 0 Å². The first-order valence-corrected chi connectivity index (χ1v) is 4.40. The summed E-state index contributed by atoms with van der Waals surface area (Å²) < 4.78 is 15.3. The monoisotopic (exact) mass is 185 g/mol. The van der Waals surface area contributed by atoms with Gasteiger partial charge in [-0.25, -0.2) is 0 Å². The summed E-state index contributed by atoms with van der Waals surface area (Å²) in [6.45, 7) is 4.41. The van der Waals surface area contributed by atoms with Crippen LogP contribution in [0.1, 0.15) is 25.3 Å². The second kappa shape index (κ2) is 6.88. The van der Waals surface area contributed by atoms with Crippen LogP contribution in [0.25, 0.3) is 0 Å². The molecule has 0 fully saturated rings. The van der Waals surface area contributed by atoms with E-state index in [2.05, 4.69) is 38.1 Å². The molecule has 0 heterocycles. The van der Waals surface area contributed by atoms with E-state index in [1.165, 1.54) is 5.56 Å². The minimum atomic E-state index is -0.500. The quantitative estimate of drug-likeness (QED) is 0.539. The standard InChI is InChI=1S/C9H12.O2S/c1-8(2)9-6-4-3-5-7-9;1-3-2/h3-8H,1-2H3;/p+1. The molecule has 0 unspecified atom stereocenters. The molecule has 0 aliphatic carbocycles. The highest BCUT2D eigenvalue weighted by Gasteiger charge is 1.93. The predicted octanol–water partition coefficient (Wildman–Crippen LogP) is 2.70. The van der Waals surface area contributed by atoms with E-state index in [1.807, 2.05) is 6.07 Å². The van der Waals surface area contributed by atoms with Crippen molar-refractivity contribution in [3.8, 4) is 0 Å². The number of hydrogen-bond acceptors (Lipinski definition) is 1. The van der Waals surface area contributed by atoms with Crippen LogP contribution < -0.4 is 0 Å². The molecular formula is C9H13O2S+. The van der Waals surface area contributed by atoms with Crippen molar-refractivity contribution in [2.75, 3.05) is 0 Å². The van der Waals surface area contributed by atoms with Gasteiger partial charge in [-0.2, -0.15) is 0 Å². The minimum Gasteiger partial charge on any atom is -0.0737 e. The zero-order chi connectivity index (χ0) is 9.40. The smallest absolute Gasteiger partial charge is 0.0737 e. The molecule has 0 spiro atoms. The third-order valence-corrected chi connectivity index (χ3v) is 1.47. The zero-order valence-corrected chi connectivity index (χ0v) is 8.04. The molecule has 0 radical (unpaired) electrons. The van der Waals surface area contributed by atoms with E-state index in [9.17, 15) is 0 Å². The molecule has 66 valence electrons. The van der Waals surface area contributed by atoms with Crippen LogP contribution in [0.5, 0.6) is 0 Å². The second-order valence-electron chi connectivity index (χ2n) is 2.64. The maximum Gasteiger partial charge on any atom is 0.690 e. The van der Waals surface area contributed by atoms with Gasteiger partial charge in [0.1, 0.15) is 0 Å². The normalized spacial score (nSPS) is 8.67. The van der Waals surface area contributed by atoms with Crippen molar-refractivity contribution in [1.29, 1.82) is 0 Å². The van der Waals surface area contributed by atoms with E-state index in [0.29, 0.717) is 5.92 Å². The molecule has 0 saturated carbocycles. The van der Waals surface area contributed by atoms with Crippen molar-refractivity contribution >= 4 is 11.9 Å². The average Bonchev–Trinajstić information content (AvgIpc) is 2.07. The molecule has 1 aromatic carbocycles. The SMILES string of the molecule is CC(C)c1ccccc1.O=[S+]O. The van der Waals surface area contributed by atoms with Gasteiger partial charge in [0.15, 0.2) is 0 Å². The fourth-order valence-corrected chi connectivity index (χ4v) is 0.838. The molecule has 0 saturated heterocycles. The molecule has 0 bridgehead atoms. The molecule has 0 aliphatic rings. The average molecular weight is 185 g/mol. The maximum atomic E-state index is 8.40. The molecule has 1 rings (SSSR count). The van der Waals surface area contributed by atoms with Gasteiger partial charge in [-0.1, -0.05) is 48.7 Å². The van der Waals surface area contributed by atoms with E-state index in [1.54, 1.807) is 0 Å². The Balaban J connectivity index is 0.000000354. The third kappa shape index (κ3) is 4.93. The third-order valence-electron chi connectivity index (χ3n) is 1.47. The number of rotatable bonds is 1. The summed E-state index contributed by atoms with van der Waals surface area (Å²) in [6.07, 6.45) is 0. The highest BCUT2D eigenvalue weighted by molar-refractivity contribution is 7.59. The maximum absolute atomic E-state index is 8.40. The first-order chi connectivity index (χ1) is 5.72. The topological polar surface area (TPSA) is 37.3 Å². The summed E-state index contributed by atoms with van der Waals surface area (Å²) >= 11 is -0.500. The van der Waals surface area contributed by atoms with Crippen molar-refractivity contribution < 1.29 is 8.76 Å². The summed E-state index contributed by atoms with van der Waals surface area (Å²) in [5.41, 5.74) is 1.41. The molecule has 0 amide bonds. The Labute approximate surface area is 76.9 Å². The van der Waals surface area contributed by atoms with Crippen LogP contribution in [0.3, 0.4) is 0 Å². The Morgan fingerprint density at radius 3 is 1.92 bits per heavy atom. The van der Waals surface area contributed by atoms with Crippen molar-refractivity contribution in [3.05, 3.63) is 35.9 Å². The van der Waals surface area contributed by atoms with Crippen LogP contribution in [0.2, 0.25) is 0 Å². The molecule has 0 atom stereocenters. The summed E-state index contributed by atoms with van der Waals surface area (Å²) in [6, 6.07) is 10.5. The van der Waals surface area contributed by atoms with Gasteiger partial charge in [-0.05, 0) is 11.5 Å². The fraction of sp³-hybridized carbons (Fsp3) is 0.333. The Morgan fingerprint density at radius 2 is 1.67 bits per heavy atom. The Hall–Kier alpha value is -0.800. The van der Waals surface area contributed by atoms with Crippen LogP contribution in [0.4, 0.5) is 0 Å². The highest BCUT2D eigenvalue weighted by atomic mass is 32.2. The molecule has 0 aromatic heterocycles. The van der Waals surface area contributed by atoms with Gasteiger partial charge in [0.05, 0.1) is 4.21 Å². The fourth-order valence-electron chi connectivity index (χ4n) is 0.838. The lowest BCUT2D eigenvalue weighted by Crippen LogP contribution is -1.83. The van der Waals surface area contributed by atoms with E-state index >= 15 is 0 Å². The van der Waals surface area contributed by atoms with E-state index in [-0.39, 0.29) is 0 Å². The lowest BCUT2D eigenvalue weighted by atomic mass is 10.0. The van der Waals surface area contributed by atoms with E-state index in [4.69, 9.17) is 8.76 Å². The zero-order valence-electron chi connectivity index (χ0n) is 7.23. The number of benzene rings is 1. The van der Waals surface area contributed by atoms with Crippen molar-refractivity contribution in [2.45, 2.75) is 19.8 Å². The molecular weight excluding hydrogens is 172 g/mol. The van der Waals surface area contributed by atoms with Gasteiger partial charge < -0.3 is 0 Å². The van der Waals surface area contributed by atoms with Gasteiger partial charge in [0, 0.05) is 0 Å². The highest BCUT2D eigenvalue weighted by Crippen LogP contribution is 2.11. The summed E-state index contributed by atoms with van der Waals surface area (Å²) in [4.78, 5) is 0. The van der Waals surface area contributed by atoms with Crippen LogP contribution in [-0.4, -0.2) is 4.55 Å². The molecule has 2 nitrogen and oxygen atoms in total. The van der Waals surface area contributed by atoms with Crippen molar-refractivity contribution in [3.63, 3.8) is 0 Å². The van der Waals surface area contributed by atoms with Crippen LogP contribution in [0.15, 0.2) is 30.3 Å². The Kier molecular flexibility index (Phi) is 6.42. The summed E-state index contributed by atoms with van der Waals surface area (Å²) in [5, 5.41) is 0. The largest absolute Gasteiger partial charge is 0.690 e. The molecule has 0 aliphatic heterocycles. The van der Waals surface area contributed by atoms with Gasteiger partial charge in [0.25, 0.3) is 0 Å². The van der Waals surface area contributed by atoms with Gasteiger partial charge >= 0.3 is 11.9 Å². The van der Waals surface area contributed by atoms with Crippen LogP contribution in [-0.2, 0) is 16.2 Å². The van der Waals surface area contributed by atoms with Gasteiger partial charge in [0.2, 0.25) is 0 Å². The van der Waals surface area contributed by atoms with Crippen LogP contribution in [0, 0.1) is 0 Å². The molecule has 1 N–H and O–H groups in total. The molecule has 3 heteroatoms. The van der Waals surface area contributed by atoms with Crippen molar-refractivity contribution in [1.82, 2.24) is 0 Å². The first kappa shape index (κ1) is 11.2. The second-order valence-corrected chi connectivity index (χ2v) is 2.79. The van der Waals surface area contributed by atoms with Crippen LogP contribution >= 0.6 is 0 Å². The minimum absolute atomic E-state index is 0.500. The van der Waals surface area contributed by atoms with E-state index < -0.39 is 11.9 Å². The Bertz CT molecular complexity index is 209. The predicted molar refractivity (Wildman–Crippen MR) is 51.2 cm³/mol. The Morgan fingerprint density at radius 1 is 1.25 bits per heavy atom. The lowest BCUT2D eigenvalue weighted by Gasteiger charge is -2.01. The molecule has 1 aromatic rings. The summed E-state index contributed by atoms with van der Waals surface area (Å²) in [7, 11) is 0. The summed E-state index contributed by atoms with van der Waals surface area (Å²) in [5.74, 6) is 0.659. The van der Waals surface area contributed by atoms with Gasteiger partial charge in [-0.15, -0.1) is 0 Å². The van der Waals surface area contributed by atoms with E-state index in [0.717, 1.165) is 0 Å². The first-order valence-electron chi connectivity index (χ1n) is 3.70.